The van der Waals surface area contributed by atoms with Crippen LogP contribution in [0.25, 0.3) is 12.2 Å². The predicted octanol–water partition coefficient (Wildman–Crippen LogP) is 10.8. The van der Waals surface area contributed by atoms with Crippen LogP contribution in [0.1, 0.15) is 11.1 Å². The highest BCUT2D eigenvalue weighted by Gasteiger charge is 2.16. The molecule has 0 bridgehead atoms. The van der Waals surface area contributed by atoms with Crippen molar-refractivity contribution in [3.63, 3.8) is 0 Å². The Labute approximate surface area is 294 Å². The topological polar surface area (TPSA) is 52.6 Å². The van der Waals surface area contributed by atoms with Gasteiger partial charge in [-0.2, -0.15) is 0 Å². The molecule has 0 atom stereocenters. The maximum Gasteiger partial charge on any atom is 0.126 e. The minimum absolute atomic E-state index is 0.774. The van der Waals surface area contributed by atoms with Gasteiger partial charge in [0.25, 0.3) is 0 Å². The molecule has 252 valence electrons. The normalized spacial score (nSPS) is 10.8. The molecule has 6 rings (SSSR count). The number of nitrogens with zero attached hydrogens (tertiary/aromatic N) is 2. The van der Waals surface area contributed by atoms with Crippen LogP contribution in [0.4, 0.5) is 34.1 Å². The van der Waals surface area contributed by atoms with E-state index in [1.807, 2.05) is 78.9 Å². The molecular weight excluding hydrogens is 624 g/mol. The van der Waals surface area contributed by atoms with Gasteiger partial charge >= 0.3 is 0 Å². The van der Waals surface area contributed by atoms with Gasteiger partial charge in [-0.15, -0.1) is 0 Å². The number of ether oxygens (including phenoxy) is 5. The predicted molar refractivity (Wildman–Crippen MR) is 204 cm³/mol. The smallest absolute Gasteiger partial charge is 0.126 e. The molecule has 0 saturated carbocycles. The van der Waals surface area contributed by atoms with Crippen molar-refractivity contribution in [2.75, 3.05) is 45.3 Å². The van der Waals surface area contributed by atoms with E-state index in [0.29, 0.717) is 0 Å². The van der Waals surface area contributed by atoms with Crippen LogP contribution in [0.15, 0.2) is 140 Å². The van der Waals surface area contributed by atoms with Crippen molar-refractivity contribution in [2.24, 2.45) is 0 Å². The average Bonchev–Trinajstić information content (AvgIpc) is 3.19. The van der Waals surface area contributed by atoms with Crippen molar-refractivity contribution in [1.29, 1.82) is 0 Å². The van der Waals surface area contributed by atoms with E-state index in [-0.39, 0.29) is 0 Å². The Morgan fingerprint density at radius 1 is 0.340 bits per heavy atom. The first-order valence-corrected chi connectivity index (χ1v) is 16.2. The third kappa shape index (κ3) is 7.53. The fraction of sp³-hybridized carbons (Fsp3) is 0.116. The standard InChI is InChI=1S/C43H40N2O5/c1-46-39-21-12-34(13-22-39)44(35-14-23-40(47-2)24-15-35)33-10-7-31(8-11-33)6-9-32-30-38(20-29-43(32)50-5)45(36-16-25-41(48-3)26-17-36)37-18-27-42(49-4)28-19-37/h6-30H,1-5H3/b9-6-. The van der Waals surface area contributed by atoms with Crippen molar-refractivity contribution in [2.45, 2.75) is 0 Å². The fourth-order valence-corrected chi connectivity index (χ4v) is 5.73. The third-order valence-corrected chi connectivity index (χ3v) is 8.40. The summed E-state index contributed by atoms with van der Waals surface area (Å²) in [6, 6.07) is 46.8. The number of rotatable bonds is 13. The first-order chi connectivity index (χ1) is 24.5. The summed E-state index contributed by atoms with van der Waals surface area (Å²) in [7, 11) is 8.38. The Bertz CT molecular complexity index is 1910. The van der Waals surface area contributed by atoms with E-state index in [4.69, 9.17) is 23.7 Å². The summed E-state index contributed by atoms with van der Waals surface area (Å²) < 4.78 is 27.5. The van der Waals surface area contributed by atoms with Gasteiger partial charge in [0.15, 0.2) is 0 Å². The Morgan fingerprint density at radius 2 is 0.660 bits per heavy atom. The Hall–Kier alpha value is -6.34. The van der Waals surface area contributed by atoms with Crippen LogP contribution in [0.2, 0.25) is 0 Å². The van der Waals surface area contributed by atoms with Gasteiger partial charge in [0, 0.05) is 39.7 Å². The number of hydrogen-bond acceptors (Lipinski definition) is 7. The molecule has 0 amide bonds. The first kappa shape index (κ1) is 33.6. The summed E-state index contributed by atoms with van der Waals surface area (Å²) >= 11 is 0. The molecule has 0 radical (unpaired) electrons. The third-order valence-electron chi connectivity index (χ3n) is 8.40. The monoisotopic (exact) mass is 664 g/mol. The average molecular weight is 665 g/mol. The second-order valence-corrected chi connectivity index (χ2v) is 11.3. The van der Waals surface area contributed by atoms with Crippen LogP contribution in [-0.4, -0.2) is 35.5 Å². The second kappa shape index (κ2) is 15.7. The van der Waals surface area contributed by atoms with E-state index in [1.54, 1.807) is 35.5 Å². The maximum atomic E-state index is 5.79. The summed E-state index contributed by atoms with van der Waals surface area (Å²) in [6.07, 6.45) is 4.18. The van der Waals surface area contributed by atoms with Gasteiger partial charge in [0.05, 0.1) is 35.5 Å². The zero-order valence-electron chi connectivity index (χ0n) is 28.9. The van der Waals surface area contributed by atoms with Crippen molar-refractivity contribution < 1.29 is 23.7 Å². The van der Waals surface area contributed by atoms with Crippen LogP contribution >= 0.6 is 0 Å². The molecule has 0 aliphatic heterocycles. The highest BCUT2D eigenvalue weighted by molar-refractivity contribution is 5.82. The van der Waals surface area contributed by atoms with E-state index in [1.165, 1.54) is 0 Å². The quantitative estimate of drug-likeness (QED) is 0.114. The molecule has 0 unspecified atom stereocenters. The SMILES string of the molecule is COc1ccc(N(c2ccc(/C=C\c3cc(N(c4ccc(OC)cc4)c4ccc(OC)cc4)ccc3OC)cc2)c2ccc(OC)cc2)cc1. The summed E-state index contributed by atoms with van der Waals surface area (Å²) in [5, 5.41) is 0. The highest BCUT2D eigenvalue weighted by atomic mass is 16.5. The van der Waals surface area contributed by atoms with Crippen molar-refractivity contribution in [1.82, 2.24) is 0 Å². The van der Waals surface area contributed by atoms with E-state index >= 15 is 0 Å². The van der Waals surface area contributed by atoms with Crippen LogP contribution in [-0.2, 0) is 0 Å². The molecule has 0 aliphatic carbocycles. The minimum atomic E-state index is 0.774. The summed E-state index contributed by atoms with van der Waals surface area (Å²) in [5.74, 6) is 3.98. The Kier molecular flexibility index (Phi) is 10.5. The van der Waals surface area contributed by atoms with E-state index in [2.05, 4.69) is 82.6 Å². The Balaban J connectivity index is 1.32. The maximum absolute atomic E-state index is 5.79. The zero-order valence-corrected chi connectivity index (χ0v) is 28.9. The minimum Gasteiger partial charge on any atom is -0.497 e. The lowest BCUT2D eigenvalue weighted by molar-refractivity contribution is 0.414. The molecule has 0 spiro atoms. The lowest BCUT2D eigenvalue weighted by Gasteiger charge is -2.26. The largest absolute Gasteiger partial charge is 0.497 e. The molecule has 0 aromatic heterocycles. The Morgan fingerprint density at radius 3 is 1.00 bits per heavy atom. The van der Waals surface area contributed by atoms with Gasteiger partial charge < -0.3 is 33.5 Å². The summed E-state index contributed by atoms with van der Waals surface area (Å²) in [6.45, 7) is 0. The van der Waals surface area contributed by atoms with Gasteiger partial charge in [0.1, 0.15) is 28.7 Å². The molecular formula is C43H40N2O5. The van der Waals surface area contributed by atoms with E-state index in [9.17, 15) is 0 Å². The number of benzene rings is 6. The fourth-order valence-electron chi connectivity index (χ4n) is 5.73. The van der Waals surface area contributed by atoms with E-state index in [0.717, 1.165) is 74.0 Å². The van der Waals surface area contributed by atoms with Crippen LogP contribution in [0.3, 0.4) is 0 Å². The second-order valence-electron chi connectivity index (χ2n) is 11.3. The van der Waals surface area contributed by atoms with Gasteiger partial charge in [-0.3, -0.25) is 0 Å². The lowest BCUT2D eigenvalue weighted by atomic mass is 10.1. The van der Waals surface area contributed by atoms with Crippen LogP contribution in [0.5, 0.6) is 28.7 Å². The lowest BCUT2D eigenvalue weighted by Crippen LogP contribution is -2.10. The zero-order chi connectivity index (χ0) is 34.9. The molecule has 0 fully saturated rings. The molecule has 7 heteroatoms. The van der Waals surface area contributed by atoms with Crippen LogP contribution in [0, 0.1) is 0 Å². The van der Waals surface area contributed by atoms with Gasteiger partial charge in [-0.05, 0) is 133 Å². The van der Waals surface area contributed by atoms with Crippen molar-refractivity contribution in [3.05, 3.63) is 151 Å². The molecule has 0 aliphatic rings. The van der Waals surface area contributed by atoms with E-state index < -0.39 is 0 Å². The van der Waals surface area contributed by atoms with Crippen molar-refractivity contribution >= 4 is 46.3 Å². The van der Waals surface area contributed by atoms with Gasteiger partial charge in [-0.1, -0.05) is 24.3 Å². The highest BCUT2D eigenvalue weighted by Crippen LogP contribution is 2.39. The van der Waals surface area contributed by atoms with Crippen molar-refractivity contribution in [3.8, 4) is 28.7 Å². The summed E-state index contributed by atoms with van der Waals surface area (Å²) in [5.41, 5.74) is 8.00. The van der Waals surface area contributed by atoms with Crippen LogP contribution < -0.4 is 33.5 Å². The van der Waals surface area contributed by atoms with Gasteiger partial charge in [0.2, 0.25) is 0 Å². The molecule has 0 N–H and O–H groups in total. The molecule has 6 aromatic carbocycles. The molecule has 7 nitrogen and oxygen atoms in total. The molecule has 0 saturated heterocycles. The molecule has 0 heterocycles. The molecule has 6 aromatic rings. The number of anilines is 6. The number of hydrogen-bond donors (Lipinski definition) is 0. The summed E-state index contributed by atoms with van der Waals surface area (Å²) in [4.78, 5) is 4.39. The first-order valence-electron chi connectivity index (χ1n) is 16.2. The molecule has 50 heavy (non-hydrogen) atoms. The van der Waals surface area contributed by atoms with Gasteiger partial charge in [-0.25, -0.2) is 0 Å². The number of methoxy groups -OCH3 is 5.